The first-order valence-electron chi connectivity index (χ1n) is 9.78. The Morgan fingerprint density at radius 3 is 2.32 bits per heavy atom. The summed E-state index contributed by atoms with van der Waals surface area (Å²) in [6.45, 7) is 5.87. The number of fused-ring (bicyclic) bond motifs is 2. The zero-order chi connectivity index (χ0) is 14.9. The summed E-state index contributed by atoms with van der Waals surface area (Å²) in [5, 5.41) is 0. The lowest BCUT2D eigenvalue weighted by molar-refractivity contribution is -0.131. The van der Waals surface area contributed by atoms with Gasteiger partial charge in [-0.05, 0) is 81.7 Å². The molecule has 4 aliphatic rings. The predicted molar refractivity (Wildman–Crippen MR) is 88.5 cm³/mol. The lowest BCUT2D eigenvalue weighted by Crippen LogP contribution is -2.39. The third-order valence-electron chi connectivity index (χ3n) is 7.01. The van der Waals surface area contributed by atoms with Crippen LogP contribution in [-0.2, 0) is 4.79 Å². The monoisotopic (exact) mass is 304 g/mol. The van der Waals surface area contributed by atoms with Crippen molar-refractivity contribution in [3.05, 3.63) is 0 Å². The third kappa shape index (κ3) is 3.20. The maximum atomic E-state index is 12.3. The van der Waals surface area contributed by atoms with E-state index in [2.05, 4.69) is 9.80 Å². The lowest BCUT2D eigenvalue weighted by atomic mass is 9.87. The molecule has 0 aromatic heterocycles. The molecule has 3 nitrogen and oxygen atoms in total. The van der Waals surface area contributed by atoms with Gasteiger partial charge in [0.2, 0.25) is 5.91 Å². The molecule has 124 valence electrons. The van der Waals surface area contributed by atoms with Crippen molar-refractivity contribution < 1.29 is 4.79 Å². The number of amides is 1. The van der Waals surface area contributed by atoms with Gasteiger partial charge >= 0.3 is 0 Å². The van der Waals surface area contributed by atoms with Gasteiger partial charge in [-0.15, -0.1) is 0 Å². The Bertz CT molecular complexity index is 396. The molecular formula is C19H32N2O. The standard InChI is InChI=1S/C19H32N2O/c22-19(21-7-1-2-8-21)13-15-5-9-20(10-6-15)14-18-12-16-3-4-17(18)11-16/h15-18H,1-14H2. The van der Waals surface area contributed by atoms with E-state index in [9.17, 15) is 4.79 Å². The fourth-order valence-corrected chi connectivity index (χ4v) is 5.65. The van der Waals surface area contributed by atoms with Gasteiger partial charge in [0.05, 0.1) is 0 Å². The highest BCUT2D eigenvalue weighted by atomic mass is 16.2. The smallest absolute Gasteiger partial charge is 0.222 e. The van der Waals surface area contributed by atoms with E-state index in [-0.39, 0.29) is 0 Å². The Kier molecular flexibility index (Phi) is 4.43. The summed E-state index contributed by atoms with van der Waals surface area (Å²) in [4.78, 5) is 17.1. The molecule has 0 radical (unpaired) electrons. The SMILES string of the molecule is O=C(CC1CCN(CC2CC3CCC2C3)CC1)N1CCCC1. The molecule has 3 heteroatoms. The van der Waals surface area contributed by atoms with Crippen LogP contribution in [0.2, 0.25) is 0 Å². The molecule has 3 atom stereocenters. The van der Waals surface area contributed by atoms with Crippen molar-refractivity contribution in [1.82, 2.24) is 9.80 Å². The van der Waals surface area contributed by atoms with Crippen molar-refractivity contribution in [1.29, 1.82) is 0 Å². The van der Waals surface area contributed by atoms with Gasteiger partial charge in [-0.2, -0.15) is 0 Å². The van der Waals surface area contributed by atoms with Gasteiger partial charge in [0, 0.05) is 26.1 Å². The van der Waals surface area contributed by atoms with Gasteiger partial charge in [-0.3, -0.25) is 4.79 Å². The highest BCUT2D eigenvalue weighted by Crippen LogP contribution is 2.48. The van der Waals surface area contributed by atoms with Crippen molar-refractivity contribution in [3.63, 3.8) is 0 Å². The van der Waals surface area contributed by atoms with Crippen molar-refractivity contribution in [3.8, 4) is 0 Å². The lowest BCUT2D eigenvalue weighted by Gasteiger charge is -2.35. The summed E-state index contributed by atoms with van der Waals surface area (Å²) in [5.74, 6) is 4.22. The molecule has 4 fully saturated rings. The van der Waals surface area contributed by atoms with Gasteiger partial charge in [0.1, 0.15) is 0 Å². The fourth-order valence-electron chi connectivity index (χ4n) is 5.65. The zero-order valence-corrected chi connectivity index (χ0v) is 14.0. The number of likely N-dealkylation sites (tertiary alicyclic amines) is 2. The average Bonchev–Trinajstić information content (AvgIpc) is 3.27. The Balaban J connectivity index is 1.19. The molecule has 2 aliphatic heterocycles. The summed E-state index contributed by atoms with van der Waals surface area (Å²) in [5.41, 5.74) is 0. The van der Waals surface area contributed by atoms with Crippen LogP contribution < -0.4 is 0 Å². The first-order valence-corrected chi connectivity index (χ1v) is 9.78. The minimum Gasteiger partial charge on any atom is -0.343 e. The first kappa shape index (κ1) is 15.0. The minimum absolute atomic E-state index is 0.434. The van der Waals surface area contributed by atoms with Crippen LogP contribution in [0.4, 0.5) is 0 Å². The number of carbonyl (C=O) groups excluding carboxylic acids is 1. The van der Waals surface area contributed by atoms with Crippen LogP contribution in [0.5, 0.6) is 0 Å². The Labute approximate surface area is 135 Å². The molecule has 2 bridgehead atoms. The number of nitrogens with zero attached hydrogens (tertiary/aromatic N) is 2. The normalized spacial score (nSPS) is 36.4. The molecule has 4 rings (SSSR count). The molecule has 0 spiro atoms. The van der Waals surface area contributed by atoms with E-state index in [1.54, 1.807) is 0 Å². The third-order valence-corrected chi connectivity index (χ3v) is 7.01. The van der Waals surface area contributed by atoms with Gasteiger partial charge < -0.3 is 9.80 Å². The first-order chi connectivity index (χ1) is 10.8. The maximum absolute atomic E-state index is 12.3. The second kappa shape index (κ2) is 6.51. The van der Waals surface area contributed by atoms with E-state index in [0.29, 0.717) is 11.8 Å². The Morgan fingerprint density at radius 1 is 0.909 bits per heavy atom. The highest BCUT2D eigenvalue weighted by Gasteiger charge is 2.40. The molecule has 0 aromatic rings. The molecule has 2 saturated carbocycles. The van der Waals surface area contributed by atoms with Gasteiger partial charge in [-0.1, -0.05) is 6.42 Å². The highest BCUT2D eigenvalue weighted by molar-refractivity contribution is 5.76. The quantitative estimate of drug-likeness (QED) is 0.796. The number of rotatable bonds is 4. The topological polar surface area (TPSA) is 23.6 Å². The molecule has 3 unspecified atom stereocenters. The number of hydrogen-bond acceptors (Lipinski definition) is 2. The van der Waals surface area contributed by atoms with Crippen molar-refractivity contribution in [2.45, 2.75) is 57.8 Å². The molecule has 2 aliphatic carbocycles. The van der Waals surface area contributed by atoms with E-state index in [1.165, 1.54) is 71.0 Å². The van der Waals surface area contributed by atoms with Gasteiger partial charge in [0.15, 0.2) is 0 Å². The number of carbonyl (C=O) groups is 1. The van der Waals surface area contributed by atoms with E-state index >= 15 is 0 Å². The Hall–Kier alpha value is -0.570. The fraction of sp³-hybridized carbons (Fsp3) is 0.947. The predicted octanol–water partition coefficient (Wildman–Crippen LogP) is 3.15. The molecule has 2 heterocycles. The van der Waals surface area contributed by atoms with Crippen LogP contribution in [0.1, 0.15) is 57.8 Å². The van der Waals surface area contributed by atoms with Crippen molar-refractivity contribution in [2.75, 3.05) is 32.7 Å². The molecular weight excluding hydrogens is 272 g/mol. The van der Waals surface area contributed by atoms with Gasteiger partial charge in [0.25, 0.3) is 0 Å². The van der Waals surface area contributed by atoms with Crippen LogP contribution in [0.15, 0.2) is 0 Å². The van der Waals surface area contributed by atoms with E-state index in [0.717, 1.165) is 37.3 Å². The van der Waals surface area contributed by atoms with Crippen LogP contribution >= 0.6 is 0 Å². The largest absolute Gasteiger partial charge is 0.343 e. The summed E-state index contributed by atoms with van der Waals surface area (Å²) in [6.07, 6.45) is 11.8. The molecule has 2 saturated heterocycles. The van der Waals surface area contributed by atoms with E-state index < -0.39 is 0 Å². The summed E-state index contributed by atoms with van der Waals surface area (Å²) in [7, 11) is 0. The van der Waals surface area contributed by atoms with Crippen LogP contribution in [0.25, 0.3) is 0 Å². The van der Waals surface area contributed by atoms with Crippen molar-refractivity contribution >= 4 is 5.91 Å². The maximum Gasteiger partial charge on any atom is 0.222 e. The summed E-state index contributed by atoms with van der Waals surface area (Å²) < 4.78 is 0. The number of hydrogen-bond donors (Lipinski definition) is 0. The second-order valence-corrected chi connectivity index (χ2v) is 8.47. The number of piperidine rings is 1. The second-order valence-electron chi connectivity index (χ2n) is 8.47. The van der Waals surface area contributed by atoms with Crippen LogP contribution in [-0.4, -0.2) is 48.4 Å². The van der Waals surface area contributed by atoms with E-state index in [4.69, 9.17) is 0 Å². The summed E-state index contributed by atoms with van der Waals surface area (Å²) >= 11 is 0. The molecule has 1 amide bonds. The van der Waals surface area contributed by atoms with Crippen molar-refractivity contribution in [2.24, 2.45) is 23.7 Å². The van der Waals surface area contributed by atoms with Gasteiger partial charge in [-0.25, -0.2) is 0 Å². The Morgan fingerprint density at radius 2 is 1.68 bits per heavy atom. The minimum atomic E-state index is 0.434. The van der Waals surface area contributed by atoms with Crippen LogP contribution in [0.3, 0.4) is 0 Å². The zero-order valence-electron chi connectivity index (χ0n) is 14.0. The molecule has 22 heavy (non-hydrogen) atoms. The average molecular weight is 304 g/mol. The summed E-state index contributed by atoms with van der Waals surface area (Å²) in [6, 6.07) is 0. The van der Waals surface area contributed by atoms with E-state index in [1.807, 2.05) is 0 Å². The molecule has 0 aromatic carbocycles. The van der Waals surface area contributed by atoms with Crippen LogP contribution in [0, 0.1) is 23.7 Å². The molecule has 0 N–H and O–H groups in total.